The van der Waals surface area contributed by atoms with Gasteiger partial charge in [0.2, 0.25) is 0 Å². The van der Waals surface area contributed by atoms with Crippen LogP contribution in [0.2, 0.25) is 0 Å². The first-order valence-electron chi connectivity index (χ1n) is 7.42. The van der Waals surface area contributed by atoms with Crippen molar-refractivity contribution in [1.82, 2.24) is 0 Å². The van der Waals surface area contributed by atoms with Crippen molar-refractivity contribution in [1.29, 1.82) is 0 Å². The van der Waals surface area contributed by atoms with Gasteiger partial charge in [-0.15, -0.1) is 0 Å². The molecule has 3 rings (SSSR count). The highest BCUT2D eigenvalue weighted by molar-refractivity contribution is 5.17. The fourth-order valence-corrected chi connectivity index (χ4v) is 5.38. The summed E-state index contributed by atoms with van der Waals surface area (Å²) in [5, 5.41) is 30.0. The molecule has 0 amide bonds. The van der Waals surface area contributed by atoms with Gasteiger partial charge < -0.3 is 15.3 Å². The molecule has 18 heavy (non-hydrogen) atoms. The molecule has 3 aliphatic carbocycles. The van der Waals surface area contributed by atoms with Crippen LogP contribution in [0.3, 0.4) is 0 Å². The topological polar surface area (TPSA) is 60.7 Å². The molecule has 0 spiro atoms. The van der Waals surface area contributed by atoms with Crippen LogP contribution < -0.4 is 0 Å². The molecular formula is C15H26O3. The standard InChI is InChI=1S/C15H26O3/c1-9-3-4-10-12(9)13-11(14(13,2)7-16)5-6-15(10,18)8-17/h9-13,16-18H,3-8H2,1-2H3/t9-,10+,11-,12-,13-,14-,15-/m1/s1. The van der Waals surface area contributed by atoms with Gasteiger partial charge in [0.25, 0.3) is 0 Å². The number of rotatable bonds is 2. The van der Waals surface area contributed by atoms with Crippen molar-refractivity contribution in [3.05, 3.63) is 0 Å². The molecule has 3 fully saturated rings. The summed E-state index contributed by atoms with van der Waals surface area (Å²) in [5.41, 5.74) is -0.780. The molecule has 104 valence electrons. The van der Waals surface area contributed by atoms with Crippen LogP contribution in [0.4, 0.5) is 0 Å². The zero-order chi connectivity index (χ0) is 13.1. The van der Waals surface area contributed by atoms with E-state index in [0.29, 0.717) is 30.1 Å². The Kier molecular flexibility index (Phi) is 2.82. The van der Waals surface area contributed by atoms with E-state index in [-0.39, 0.29) is 24.5 Å². The summed E-state index contributed by atoms with van der Waals surface area (Å²) < 4.78 is 0. The van der Waals surface area contributed by atoms with Crippen LogP contribution in [0.25, 0.3) is 0 Å². The van der Waals surface area contributed by atoms with Crippen molar-refractivity contribution in [3.63, 3.8) is 0 Å². The highest BCUT2D eigenvalue weighted by Crippen LogP contribution is 2.71. The van der Waals surface area contributed by atoms with Gasteiger partial charge in [-0.1, -0.05) is 20.3 Å². The van der Waals surface area contributed by atoms with Crippen molar-refractivity contribution >= 4 is 0 Å². The lowest BCUT2D eigenvalue weighted by Crippen LogP contribution is -2.44. The number of aliphatic hydroxyl groups is 3. The fourth-order valence-electron chi connectivity index (χ4n) is 5.38. The Labute approximate surface area is 109 Å². The molecule has 3 saturated carbocycles. The molecule has 0 radical (unpaired) electrons. The molecule has 3 aliphatic rings. The number of aliphatic hydroxyl groups excluding tert-OH is 2. The normalized spacial score (nSPS) is 58.8. The quantitative estimate of drug-likeness (QED) is 0.698. The molecule has 0 unspecified atom stereocenters. The van der Waals surface area contributed by atoms with E-state index in [4.69, 9.17) is 0 Å². The third kappa shape index (κ3) is 1.47. The minimum absolute atomic E-state index is 0.0816. The van der Waals surface area contributed by atoms with Gasteiger partial charge >= 0.3 is 0 Å². The molecule has 0 aliphatic heterocycles. The molecule has 7 atom stereocenters. The van der Waals surface area contributed by atoms with Crippen molar-refractivity contribution in [3.8, 4) is 0 Å². The summed E-state index contributed by atoms with van der Waals surface area (Å²) in [6.07, 6.45) is 3.85. The fraction of sp³-hybridized carbons (Fsp3) is 1.00. The van der Waals surface area contributed by atoms with E-state index in [1.807, 2.05) is 0 Å². The predicted molar refractivity (Wildman–Crippen MR) is 68.8 cm³/mol. The van der Waals surface area contributed by atoms with Crippen molar-refractivity contribution in [2.45, 2.75) is 45.1 Å². The zero-order valence-corrected chi connectivity index (χ0v) is 11.5. The average molecular weight is 254 g/mol. The molecule has 0 aromatic heterocycles. The lowest BCUT2D eigenvalue weighted by Gasteiger charge is -2.37. The Balaban J connectivity index is 1.93. The maximum absolute atomic E-state index is 10.7. The lowest BCUT2D eigenvalue weighted by molar-refractivity contribution is -0.0843. The molecular weight excluding hydrogens is 228 g/mol. The molecule has 0 bridgehead atoms. The molecule has 0 aromatic carbocycles. The van der Waals surface area contributed by atoms with E-state index in [2.05, 4.69) is 13.8 Å². The molecule has 0 heterocycles. The first-order chi connectivity index (χ1) is 8.48. The third-order valence-electron chi connectivity index (χ3n) is 6.60. The van der Waals surface area contributed by atoms with Gasteiger partial charge in [0, 0.05) is 6.61 Å². The third-order valence-corrected chi connectivity index (χ3v) is 6.60. The largest absolute Gasteiger partial charge is 0.396 e. The SMILES string of the molecule is C[C@@H]1CC[C@H]2[C@@H]1[C@H]1[C@@H](CC[C@@]2(O)CO)[C@@]1(C)CO. The van der Waals surface area contributed by atoms with Crippen molar-refractivity contribution < 1.29 is 15.3 Å². The summed E-state index contributed by atoms with van der Waals surface area (Å²) in [6, 6.07) is 0. The minimum Gasteiger partial charge on any atom is -0.396 e. The van der Waals surface area contributed by atoms with Crippen LogP contribution in [-0.4, -0.2) is 34.1 Å². The summed E-state index contributed by atoms with van der Waals surface area (Å²) in [5.74, 6) is 2.46. The minimum atomic E-state index is -0.862. The summed E-state index contributed by atoms with van der Waals surface area (Å²) >= 11 is 0. The van der Waals surface area contributed by atoms with Crippen LogP contribution in [0.15, 0.2) is 0 Å². The number of hydrogen-bond acceptors (Lipinski definition) is 3. The van der Waals surface area contributed by atoms with Crippen LogP contribution >= 0.6 is 0 Å². The Morgan fingerprint density at radius 3 is 2.39 bits per heavy atom. The van der Waals surface area contributed by atoms with Gasteiger partial charge in [-0.05, 0) is 54.3 Å². The maximum atomic E-state index is 10.7. The molecule has 3 nitrogen and oxygen atoms in total. The van der Waals surface area contributed by atoms with Crippen LogP contribution in [-0.2, 0) is 0 Å². The lowest BCUT2D eigenvalue weighted by atomic mass is 9.74. The monoisotopic (exact) mass is 254 g/mol. The van der Waals surface area contributed by atoms with Gasteiger partial charge in [0.1, 0.15) is 0 Å². The van der Waals surface area contributed by atoms with E-state index >= 15 is 0 Å². The van der Waals surface area contributed by atoms with Crippen molar-refractivity contribution in [2.75, 3.05) is 13.2 Å². The molecule has 0 aromatic rings. The Morgan fingerprint density at radius 2 is 1.78 bits per heavy atom. The summed E-state index contributed by atoms with van der Waals surface area (Å²) in [6.45, 7) is 4.65. The second-order valence-electron chi connectivity index (χ2n) is 7.34. The zero-order valence-electron chi connectivity index (χ0n) is 11.5. The van der Waals surface area contributed by atoms with Crippen LogP contribution in [0.5, 0.6) is 0 Å². The summed E-state index contributed by atoms with van der Waals surface area (Å²) in [4.78, 5) is 0. The van der Waals surface area contributed by atoms with Gasteiger partial charge in [-0.3, -0.25) is 0 Å². The smallest absolute Gasteiger partial charge is 0.0908 e. The average Bonchev–Trinajstić information content (AvgIpc) is 2.82. The van der Waals surface area contributed by atoms with Gasteiger partial charge in [-0.25, -0.2) is 0 Å². The molecule has 3 heteroatoms. The molecule has 3 N–H and O–H groups in total. The highest BCUT2D eigenvalue weighted by Gasteiger charge is 2.69. The van der Waals surface area contributed by atoms with E-state index < -0.39 is 5.60 Å². The van der Waals surface area contributed by atoms with E-state index in [1.165, 1.54) is 0 Å². The Hall–Kier alpha value is -0.120. The van der Waals surface area contributed by atoms with E-state index in [9.17, 15) is 15.3 Å². The predicted octanol–water partition coefficient (Wildman–Crippen LogP) is 1.41. The first kappa shape index (κ1) is 12.9. The first-order valence-corrected chi connectivity index (χ1v) is 7.42. The van der Waals surface area contributed by atoms with Crippen LogP contribution in [0, 0.1) is 35.0 Å². The van der Waals surface area contributed by atoms with Gasteiger partial charge in [0.15, 0.2) is 0 Å². The Bertz CT molecular complexity index is 345. The van der Waals surface area contributed by atoms with E-state index in [1.54, 1.807) is 0 Å². The summed E-state index contributed by atoms with van der Waals surface area (Å²) in [7, 11) is 0. The van der Waals surface area contributed by atoms with Gasteiger partial charge in [-0.2, -0.15) is 0 Å². The number of fused-ring (bicyclic) bond motifs is 3. The van der Waals surface area contributed by atoms with Crippen LogP contribution in [0.1, 0.15) is 39.5 Å². The van der Waals surface area contributed by atoms with Gasteiger partial charge in [0.05, 0.1) is 12.2 Å². The Morgan fingerprint density at radius 1 is 1.06 bits per heavy atom. The van der Waals surface area contributed by atoms with Crippen molar-refractivity contribution in [2.24, 2.45) is 35.0 Å². The second kappa shape index (κ2) is 3.94. The molecule has 0 saturated heterocycles. The highest BCUT2D eigenvalue weighted by atomic mass is 16.3. The maximum Gasteiger partial charge on any atom is 0.0908 e. The second-order valence-corrected chi connectivity index (χ2v) is 7.34. The number of hydrogen-bond donors (Lipinski definition) is 3. The van der Waals surface area contributed by atoms with E-state index in [0.717, 1.165) is 19.3 Å².